The number of benzene rings is 1. The first-order valence-electron chi connectivity index (χ1n) is 7.18. The first-order chi connectivity index (χ1) is 10.1. The average Bonchev–Trinajstić information content (AvgIpc) is 2.40. The molecule has 0 spiro atoms. The van der Waals surface area contributed by atoms with Crippen LogP contribution in [0.2, 0.25) is 0 Å². The average molecular weight is 298 g/mol. The monoisotopic (exact) mass is 298 g/mol. The zero-order chi connectivity index (χ0) is 15.2. The highest BCUT2D eigenvalue weighted by molar-refractivity contribution is 5.74. The Morgan fingerprint density at radius 2 is 2.14 bits per heavy atom. The first kappa shape index (κ1) is 15.7. The largest absolute Gasteiger partial charge is 0.378 e. The number of rotatable bonds is 6. The third-order valence-electron chi connectivity index (χ3n) is 3.52. The molecule has 1 aliphatic carbocycles. The summed E-state index contributed by atoms with van der Waals surface area (Å²) in [7, 11) is 0. The quantitative estimate of drug-likeness (QED) is 0.847. The van der Waals surface area contributed by atoms with Crippen LogP contribution in [0.15, 0.2) is 18.2 Å². The Labute approximate surface area is 122 Å². The molecule has 116 valence electrons. The van der Waals surface area contributed by atoms with Gasteiger partial charge in [0.15, 0.2) is 0 Å². The molecule has 0 heterocycles. The molecule has 21 heavy (non-hydrogen) atoms. The van der Waals surface area contributed by atoms with E-state index >= 15 is 0 Å². The van der Waals surface area contributed by atoms with Gasteiger partial charge >= 0.3 is 6.03 Å². The number of hydrogen-bond acceptors (Lipinski definition) is 2. The van der Waals surface area contributed by atoms with Crippen LogP contribution in [0.3, 0.4) is 0 Å². The summed E-state index contributed by atoms with van der Waals surface area (Å²) in [5.41, 5.74) is 0.260. The maximum atomic E-state index is 13.4. The van der Waals surface area contributed by atoms with Crippen LogP contribution in [0.1, 0.15) is 25.3 Å². The van der Waals surface area contributed by atoms with E-state index in [2.05, 4.69) is 10.6 Å². The van der Waals surface area contributed by atoms with Crippen molar-refractivity contribution in [3.8, 4) is 0 Å². The number of amides is 2. The predicted molar refractivity (Wildman–Crippen MR) is 75.0 cm³/mol. The second-order valence-electron chi connectivity index (χ2n) is 5.13. The summed E-state index contributed by atoms with van der Waals surface area (Å²) in [5, 5.41) is 5.46. The van der Waals surface area contributed by atoms with Gasteiger partial charge in [-0.15, -0.1) is 0 Å². The number of ether oxygens (including phenoxy) is 1. The maximum Gasteiger partial charge on any atom is 0.315 e. The molecule has 1 saturated carbocycles. The molecule has 2 rings (SSSR count). The van der Waals surface area contributed by atoms with Gasteiger partial charge in [-0.25, -0.2) is 13.6 Å². The fraction of sp³-hybridized carbons (Fsp3) is 0.533. The standard InChI is InChI=1S/C15H20F2N2O2/c1-2-21-13-8-12(9-13)19-15(20)18-6-5-10-7-11(16)3-4-14(10)17/h3-4,7,12-13H,2,5-6,8-9H2,1H3,(H2,18,19,20). The van der Waals surface area contributed by atoms with Crippen molar-refractivity contribution in [2.45, 2.75) is 38.3 Å². The van der Waals surface area contributed by atoms with Gasteiger partial charge in [0, 0.05) is 19.2 Å². The van der Waals surface area contributed by atoms with Crippen molar-refractivity contribution in [2.75, 3.05) is 13.2 Å². The van der Waals surface area contributed by atoms with Crippen LogP contribution in [-0.4, -0.2) is 31.3 Å². The summed E-state index contributed by atoms with van der Waals surface area (Å²) < 4.78 is 31.8. The lowest BCUT2D eigenvalue weighted by molar-refractivity contribution is -0.00707. The molecule has 4 nitrogen and oxygen atoms in total. The van der Waals surface area contributed by atoms with Crippen molar-refractivity contribution < 1.29 is 18.3 Å². The molecule has 6 heteroatoms. The molecular weight excluding hydrogens is 278 g/mol. The molecule has 0 radical (unpaired) electrons. The molecule has 1 aromatic rings. The van der Waals surface area contributed by atoms with E-state index in [4.69, 9.17) is 4.74 Å². The molecular formula is C15H20F2N2O2. The summed E-state index contributed by atoms with van der Waals surface area (Å²) in [6.07, 6.45) is 2.13. The van der Waals surface area contributed by atoms with E-state index in [1.54, 1.807) is 0 Å². The molecule has 0 unspecified atom stereocenters. The van der Waals surface area contributed by atoms with Crippen LogP contribution in [0.4, 0.5) is 13.6 Å². The highest BCUT2D eigenvalue weighted by atomic mass is 19.1. The van der Waals surface area contributed by atoms with E-state index < -0.39 is 11.6 Å². The van der Waals surface area contributed by atoms with Crippen LogP contribution in [0, 0.1) is 11.6 Å². The third kappa shape index (κ3) is 4.67. The number of hydrogen-bond donors (Lipinski definition) is 2. The Hall–Kier alpha value is -1.69. The fourth-order valence-corrected chi connectivity index (χ4v) is 2.34. The van der Waals surface area contributed by atoms with Gasteiger partial charge in [-0.1, -0.05) is 0 Å². The minimum atomic E-state index is -0.479. The molecule has 0 bridgehead atoms. The van der Waals surface area contributed by atoms with E-state index in [9.17, 15) is 13.6 Å². The van der Waals surface area contributed by atoms with Crippen molar-refractivity contribution in [3.63, 3.8) is 0 Å². The van der Waals surface area contributed by atoms with Crippen molar-refractivity contribution in [1.29, 1.82) is 0 Å². The normalized spacial score (nSPS) is 20.7. The summed E-state index contributed by atoms with van der Waals surface area (Å²) >= 11 is 0. The van der Waals surface area contributed by atoms with E-state index in [1.807, 2.05) is 6.92 Å². The Balaban J connectivity index is 1.65. The number of carbonyl (C=O) groups excluding carboxylic acids is 1. The number of carbonyl (C=O) groups is 1. The number of urea groups is 1. The Morgan fingerprint density at radius 3 is 2.86 bits per heavy atom. The van der Waals surface area contributed by atoms with Gasteiger partial charge in [0.2, 0.25) is 0 Å². The first-order valence-corrected chi connectivity index (χ1v) is 7.18. The molecule has 2 amide bonds. The van der Waals surface area contributed by atoms with Crippen LogP contribution < -0.4 is 10.6 Å². The Morgan fingerprint density at radius 1 is 1.38 bits per heavy atom. The smallest absolute Gasteiger partial charge is 0.315 e. The van der Waals surface area contributed by atoms with E-state index in [0.717, 1.165) is 31.0 Å². The van der Waals surface area contributed by atoms with Crippen LogP contribution in [0.5, 0.6) is 0 Å². The van der Waals surface area contributed by atoms with E-state index in [1.165, 1.54) is 0 Å². The van der Waals surface area contributed by atoms with Crippen molar-refractivity contribution in [1.82, 2.24) is 10.6 Å². The van der Waals surface area contributed by atoms with Crippen molar-refractivity contribution in [2.24, 2.45) is 0 Å². The fourth-order valence-electron chi connectivity index (χ4n) is 2.34. The van der Waals surface area contributed by atoms with Gasteiger partial charge in [0.05, 0.1) is 6.10 Å². The molecule has 1 fully saturated rings. The van der Waals surface area contributed by atoms with Gasteiger partial charge in [-0.3, -0.25) is 0 Å². The summed E-state index contributed by atoms with van der Waals surface area (Å²) in [6, 6.07) is 3.16. The lowest BCUT2D eigenvalue weighted by atomic mass is 9.89. The zero-order valence-corrected chi connectivity index (χ0v) is 12.0. The Bertz CT molecular complexity index is 491. The molecule has 2 N–H and O–H groups in total. The minimum absolute atomic E-state index is 0.132. The second kappa shape index (κ2) is 7.36. The predicted octanol–water partition coefficient (Wildman–Crippen LogP) is 2.37. The lowest BCUT2D eigenvalue weighted by Gasteiger charge is -2.35. The molecule has 0 saturated heterocycles. The molecule has 0 atom stereocenters. The molecule has 1 aromatic carbocycles. The highest BCUT2D eigenvalue weighted by Gasteiger charge is 2.30. The summed E-state index contributed by atoms with van der Waals surface area (Å²) in [4.78, 5) is 11.6. The van der Waals surface area contributed by atoms with Gasteiger partial charge in [-0.2, -0.15) is 0 Å². The van der Waals surface area contributed by atoms with Crippen LogP contribution in [-0.2, 0) is 11.2 Å². The molecule has 0 aromatic heterocycles. The zero-order valence-electron chi connectivity index (χ0n) is 12.0. The van der Waals surface area contributed by atoms with E-state index in [0.29, 0.717) is 6.61 Å². The molecule has 0 aliphatic heterocycles. The minimum Gasteiger partial charge on any atom is -0.378 e. The Kier molecular flexibility index (Phi) is 5.50. The van der Waals surface area contributed by atoms with Crippen molar-refractivity contribution >= 4 is 6.03 Å². The van der Waals surface area contributed by atoms with Crippen LogP contribution >= 0.6 is 0 Å². The SMILES string of the molecule is CCOC1CC(NC(=O)NCCc2cc(F)ccc2F)C1. The second-order valence-corrected chi connectivity index (χ2v) is 5.13. The van der Waals surface area contributed by atoms with Gasteiger partial charge in [0.1, 0.15) is 11.6 Å². The number of halogens is 2. The van der Waals surface area contributed by atoms with Gasteiger partial charge < -0.3 is 15.4 Å². The van der Waals surface area contributed by atoms with Gasteiger partial charge in [-0.05, 0) is 49.9 Å². The lowest BCUT2D eigenvalue weighted by Crippen LogP contribution is -2.51. The maximum absolute atomic E-state index is 13.4. The summed E-state index contributed by atoms with van der Waals surface area (Å²) in [5.74, 6) is -0.940. The molecule has 1 aliphatic rings. The topological polar surface area (TPSA) is 50.4 Å². The summed E-state index contributed by atoms with van der Waals surface area (Å²) in [6.45, 7) is 2.88. The number of nitrogens with one attached hydrogen (secondary N) is 2. The van der Waals surface area contributed by atoms with Gasteiger partial charge in [0.25, 0.3) is 0 Å². The third-order valence-corrected chi connectivity index (χ3v) is 3.52. The highest BCUT2D eigenvalue weighted by Crippen LogP contribution is 2.22. The van der Waals surface area contributed by atoms with E-state index in [-0.39, 0.29) is 36.7 Å². The van der Waals surface area contributed by atoms with Crippen LogP contribution in [0.25, 0.3) is 0 Å². The van der Waals surface area contributed by atoms with Crippen molar-refractivity contribution in [3.05, 3.63) is 35.4 Å².